The van der Waals surface area contributed by atoms with Crippen LogP contribution in [0.3, 0.4) is 0 Å². The molecule has 0 radical (unpaired) electrons. The van der Waals surface area contributed by atoms with Crippen molar-refractivity contribution < 1.29 is 14.0 Å². The van der Waals surface area contributed by atoms with Crippen molar-refractivity contribution in [3.05, 3.63) is 76.0 Å². The highest BCUT2D eigenvalue weighted by atomic mass is 35.5. The molecular weight excluding hydrogens is 461 g/mol. The summed E-state index contributed by atoms with van der Waals surface area (Å²) in [6, 6.07) is 15.7. The number of likely N-dealkylation sites (tertiary alicyclic amines) is 1. The topological polar surface area (TPSA) is 65.8 Å². The molecule has 0 unspecified atom stereocenters. The normalized spacial score (nSPS) is 15.5. The summed E-state index contributed by atoms with van der Waals surface area (Å²) in [7, 11) is 1.75. The monoisotopic (exact) mass is 485 g/mol. The number of hydrogen-bond acceptors (Lipinski definition) is 3. The summed E-state index contributed by atoms with van der Waals surface area (Å²) < 4.78 is 5.83. The van der Waals surface area contributed by atoms with Gasteiger partial charge in [-0.2, -0.15) is 0 Å². The second-order valence-electron chi connectivity index (χ2n) is 8.19. The smallest absolute Gasteiger partial charge is 0.322 e. The van der Waals surface area contributed by atoms with Crippen LogP contribution in [0.1, 0.15) is 24.2 Å². The summed E-state index contributed by atoms with van der Waals surface area (Å²) in [5, 5.41) is 4.21. The number of aryl methyl sites for hydroxylation is 1. The number of urea groups is 1. The van der Waals surface area contributed by atoms with Crippen LogP contribution in [-0.4, -0.2) is 41.4 Å². The third kappa shape index (κ3) is 5.34. The van der Waals surface area contributed by atoms with Gasteiger partial charge in [-0.05, 0) is 61.7 Å². The van der Waals surface area contributed by atoms with Crippen molar-refractivity contribution in [2.75, 3.05) is 18.9 Å². The SMILES string of the molecule is Cc1oc(-c2ccc(Cl)cc2)cc1NC(=O)N1CCC[C@@H]1C(=O)N(C)Cc1ccc(Cl)cc1. The Labute approximate surface area is 203 Å². The Morgan fingerprint density at radius 2 is 1.73 bits per heavy atom. The summed E-state index contributed by atoms with van der Waals surface area (Å²) >= 11 is 11.9. The van der Waals surface area contributed by atoms with Crippen molar-refractivity contribution in [1.29, 1.82) is 0 Å². The lowest BCUT2D eigenvalue weighted by Crippen LogP contribution is -2.47. The molecular formula is C25H25Cl2N3O3. The van der Waals surface area contributed by atoms with E-state index in [0.29, 0.717) is 46.8 Å². The molecule has 1 atom stereocenters. The van der Waals surface area contributed by atoms with Crippen LogP contribution < -0.4 is 5.32 Å². The summed E-state index contributed by atoms with van der Waals surface area (Å²) in [4.78, 5) is 29.4. The van der Waals surface area contributed by atoms with Gasteiger partial charge in [0.2, 0.25) is 5.91 Å². The van der Waals surface area contributed by atoms with Gasteiger partial charge in [-0.1, -0.05) is 35.3 Å². The molecule has 1 aliphatic rings. The Morgan fingerprint density at radius 1 is 1.09 bits per heavy atom. The zero-order valence-corrected chi connectivity index (χ0v) is 20.0. The van der Waals surface area contributed by atoms with E-state index < -0.39 is 6.04 Å². The summed E-state index contributed by atoms with van der Waals surface area (Å²) in [6.45, 7) is 2.77. The van der Waals surface area contributed by atoms with Gasteiger partial charge in [-0.25, -0.2) is 4.79 Å². The van der Waals surface area contributed by atoms with Crippen molar-refractivity contribution >= 4 is 40.8 Å². The van der Waals surface area contributed by atoms with E-state index in [9.17, 15) is 9.59 Å². The largest absolute Gasteiger partial charge is 0.459 e. The summed E-state index contributed by atoms with van der Waals surface area (Å²) in [6.07, 6.45) is 1.41. The molecule has 6 nitrogen and oxygen atoms in total. The lowest BCUT2D eigenvalue weighted by molar-refractivity contribution is -0.134. The molecule has 8 heteroatoms. The standard InChI is InChI=1S/C25H25Cl2N3O3/c1-16-21(14-23(33-16)18-7-11-20(27)12-8-18)28-25(32)30-13-3-4-22(30)24(31)29(2)15-17-5-9-19(26)10-6-17/h5-12,14,22H,3-4,13,15H2,1-2H3,(H,28,32)/t22-/m1/s1. The van der Waals surface area contributed by atoms with E-state index >= 15 is 0 Å². The molecule has 0 spiro atoms. The molecule has 0 aliphatic carbocycles. The first-order valence-electron chi connectivity index (χ1n) is 10.8. The van der Waals surface area contributed by atoms with Crippen molar-refractivity contribution in [2.45, 2.75) is 32.4 Å². The predicted octanol–water partition coefficient (Wildman–Crippen LogP) is 6.22. The van der Waals surface area contributed by atoms with Crippen LogP contribution in [0.15, 0.2) is 59.0 Å². The zero-order chi connectivity index (χ0) is 23.5. The number of likely N-dealkylation sites (N-methyl/N-ethyl adjacent to an activating group) is 1. The van der Waals surface area contributed by atoms with Crippen LogP contribution in [0.4, 0.5) is 10.5 Å². The van der Waals surface area contributed by atoms with Crippen LogP contribution in [0, 0.1) is 6.92 Å². The number of hydrogen-bond donors (Lipinski definition) is 1. The van der Waals surface area contributed by atoms with Gasteiger partial charge in [0, 0.05) is 41.8 Å². The first-order valence-corrected chi connectivity index (χ1v) is 11.5. The minimum absolute atomic E-state index is 0.0802. The second-order valence-corrected chi connectivity index (χ2v) is 9.06. The van der Waals surface area contributed by atoms with Crippen LogP contribution in [-0.2, 0) is 11.3 Å². The molecule has 33 heavy (non-hydrogen) atoms. The predicted molar refractivity (Wildman–Crippen MR) is 131 cm³/mol. The quantitative estimate of drug-likeness (QED) is 0.466. The van der Waals surface area contributed by atoms with Gasteiger partial charge >= 0.3 is 6.03 Å². The van der Waals surface area contributed by atoms with Gasteiger partial charge in [0.1, 0.15) is 17.6 Å². The Balaban J connectivity index is 1.43. The van der Waals surface area contributed by atoms with Crippen LogP contribution in [0.2, 0.25) is 10.0 Å². The lowest BCUT2D eigenvalue weighted by atomic mass is 10.1. The van der Waals surface area contributed by atoms with Crippen LogP contribution in [0.5, 0.6) is 0 Å². The molecule has 0 bridgehead atoms. The fraction of sp³-hybridized carbons (Fsp3) is 0.280. The van der Waals surface area contributed by atoms with E-state index in [2.05, 4.69) is 5.32 Å². The summed E-state index contributed by atoms with van der Waals surface area (Å²) in [5.74, 6) is 1.15. The minimum Gasteiger partial charge on any atom is -0.459 e. The molecule has 1 saturated heterocycles. The Kier molecular flexibility index (Phi) is 6.96. The van der Waals surface area contributed by atoms with Gasteiger partial charge < -0.3 is 19.5 Å². The highest BCUT2D eigenvalue weighted by Gasteiger charge is 2.36. The van der Waals surface area contributed by atoms with E-state index in [1.165, 1.54) is 0 Å². The minimum atomic E-state index is -0.495. The fourth-order valence-electron chi connectivity index (χ4n) is 4.01. The molecule has 2 aromatic carbocycles. The van der Waals surface area contributed by atoms with E-state index in [1.807, 2.05) is 24.3 Å². The number of halogens is 2. The molecule has 2 heterocycles. The van der Waals surface area contributed by atoms with Crippen molar-refractivity contribution in [2.24, 2.45) is 0 Å². The van der Waals surface area contributed by atoms with Gasteiger partial charge in [-0.3, -0.25) is 4.79 Å². The van der Waals surface area contributed by atoms with Gasteiger partial charge in [0.05, 0.1) is 5.69 Å². The molecule has 1 N–H and O–H groups in total. The number of carbonyl (C=O) groups excluding carboxylic acids is 2. The molecule has 3 amide bonds. The van der Waals surface area contributed by atoms with E-state index in [1.54, 1.807) is 54.1 Å². The number of carbonyl (C=O) groups is 2. The third-order valence-electron chi connectivity index (χ3n) is 5.80. The maximum absolute atomic E-state index is 13.1. The number of amides is 3. The molecule has 4 rings (SSSR count). The van der Waals surface area contributed by atoms with Crippen LogP contribution in [0.25, 0.3) is 11.3 Å². The molecule has 1 fully saturated rings. The third-order valence-corrected chi connectivity index (χ3v) is 6.30. The van der Waals surface area contributed by atoms with Gasteiger partial charge in [-0.15, -0.1) is 0 Å². The number of benzene rings is 2. The maximum Gasteiger partial charge on any atom is 0.322 e. The molecule has 1 aliphatic heterocycles. The van der Waals surface area contributed by atoms with Crippen molar-refractivity contribution in [1.82, 2.24) is 9.80 Å². The average molecular weight is 486 g/mol. The molecule has 172 valence electrons. The molecule has 1 aromatic heterocycles. The highest BCUT2D eigenvalue weighted by molar-refractivity contribution is 6.30. The Hall–Kier alpha value is -2.96. The van der Waals surface area contributed by atoms with E-state index in [0.717, 1.165) is 17.5 Å². The number of rotatable bonds is 5. The number of anilines is 1. The number of nitrogens with one attached hydrogen (secondary N) is 1. The van der Waals surface area contributed by atoms with Crippen molar-refractivity contribution in [3.63, 3.8) is 0 Å². The highest BCUT2D eigenvalue weighted by Crippen LogP contribution is 2.30. The Bertz CT molecular complexity index is 1140. The van der Waals surface area contributed by atoms with E-state index in [-0.39, 0.29) is 11.9 Å². The lowest BCUT2D eigenvalue weighted by Gasteiger charge is -2.28. The summed E-state index contributed by atoms with van der Waals surface area (Å²) in [5.41, 5.74) is 2.42. The van der Waals surface area contributed by atoms with Crippen molar-refractivity contribution in [3.8, 4) is 11.3 Å². The van der Waals surface area contributed by atoms with Gasteiger partial charge in [0.25, 0.3) is 0 Å². The first kappa shape index (κ1) is 23.2. The zero-order valence-electron chi connectivity index (χ0n) is 18.5. The van der Waals surface area contributed by atoms with Crippen LogP contribution >= 0.6 is 23.2 Å². The van der Waals surface area contributed by atoms with E-state index in [4.69, 9.17) is 27.6 Å². The Morgan fingerprint density at radius 3 is 2.39 bits per heavy atom. The molecule has 0 saturated carbocycles. The number of furan rings is 1. The van der Waals surface area contributed by atoms with Gasteiger partial charge in [0.15, 0.2) is 0 Å². The average Bonchev–Trinajstić information content (AvgIpc) is 3.42. The second kappa shape index (κ2) is 9.89. The maximum atomic E-state index is 13.1. The number of nitrogens with zero attached hydrogens (tertiary/aromatic N) is 2. The molecule has 3 aromatic rings. The first-order chi connectivity index (χ1) is 15.8. The fourth-order valence-corrected chi connectivity index (χ4v) is 4.26.